The van der Waals surface area contributed by atoms with Crippen molar-refractivity contribution in [3.8, 4) is 28.7 Å². The van der Waals surface area contributed by atoms with E-state index in [1.54, 1.807) is 0 Å². The Kier molecular flexibility index (Phi) is 12.4. The van der Waals surface area contributed by atoms with Crippen molar-refractivity contribution < 1.29 is 23.7 Å². The molecule has 0 radical (unpaired) electrons. The number of benzene rings is 3. The zero-order valence-corrected chi connectivity index (χ0v) is 28.5. The molecule has 7 rings (SSSR count). The molecular weight excluding hydrogens is 560 g/mol. The highest BCUT2D eigenvalue weighted by molar-refractivity contribution is 5.46. The summed E-state index contributed by atoms with van der Waals surface area (Å²) < 4.78 is 26.8. The summed E-state index contributed by atoms with van der Waals surface area (Å²) in [5.41, 5.74) is 6.87. The van der Waals surface area contributed by atoms with Gasteiger partial charge in [0.05, 0.1) is 6.61 Å². The van der Waals surface area contributed by atoms with Gasteiger partial charge in [0.25, 0.3) is 0 Å². The van der Waals surface area contributed by atoms with E-state index in [0.717, 1.165) is 48.2 Å². The van der Waals surface area contributed by atoms with Crippen LogP contribution in [0.15, 0.2) is 78.4 Å². The molecule has 0 N–H and O–H groups in total. The topological polar surface area (TPSA) is 46.2 Å². The fourth-order valence-corrected chi connectivity index (χ4v) is 5.16. The van der Waals surface area contributed by atoms with Gasteiger partial charge in [0.15, 0.2) is 23.0 Å². The zero-order valence-electron chi connectivity index (χ0n) is 28.5. The molecule has 45 heavy (non-hydrogen) atoms. The van der Waals surface area contributed by atoms with Crippen LogP contribution in [0, 0.1) is 5.92 Å². The van der Waals surface area contributed by atoms with Crippen molar-refractivity contribution in [1.29, 1.82) is 0 Å². The largest absolute Gasteiger partial charge is 0.493 e. The minimum absolute atomic E-state index is 0.358. The van der Waals surface area contributed by atoms with Gasteiger partial charge in [-0.3, -0.25) is 0 Å². The van der Waals surface area contributed by atoms with E-state index in [1.165, 1.54) is 27.8 Å². The molecule has 5 nitrogen and oxygen atoms in total. The second-order valence-electron chi connectivity index (χ2n) is 12.9. The lowest BCUT2D eigenvalue weighted by atomic mass is 10.00. The molecule has 0 unspecified atom stereocenters. The van der Waals surface area contributed by atoms with Crippen LogP contribution in [0.3, 0.4) is 0 Å². The van der Waals surface area contributed by atoms with Gasteiger partial charge in [-0.05, 0) is 88.3 Å². The van der Waals surface area contributed by atoms with Crippen LogP contribution in [0.4, 0.5) is 0 Å². The molecule has 0 bridgehead atoms. The molecule has 3 aliphatic heterocycles. The fraction of sp³-hybridized carbons (Fsp3) is 0.450. The van der Waals surface area contributed by atoms with Crippen LogP contribution in [0.25, 0.3) is 0 Å². The first-order valence-electron chi connectivity index (χ1n) is 16.5. The highest BCUT2D eigenvalue weighted by Gasteiger charge is 2.15. The average Bonchev–Trinajstić information content (AvgIpc) is 3.83. The van der Waals surface area contributed by atoms with Crippen molar-refractivity contribution in [3.63, 3.8) is 0 Å². The smallest absolute Gasteiger partial charge is 0.231 e. The molecule has 0 atom stereocenters. The maximum absolute atomic E-state index is 5.49. The Morgan fingerprint density at radius 1 is 0.489 bits per heavy atom. The monoisotopic (exact) mass is 612 g/mol. The van der Waals surface area contributed by atoms with Crippen molar-refractivity contribution in [2.75, 3.05) is 26.6 Å². The molecule has 0 amide bonds. The molecule has 0 aromatic heterocycles. The minimum atomic E-state index is 0.358. The van der Waals surface area contributed by atoms with Gasteiger partial charge in [-0.25, -0.2) is 0 Å². The van der Waals surface area contributed by atoms with Gasteiger partial charge >= 0.3 is 0 Å². The SMILES string of the molecule is CC(C)C1=CCC=C1.CC(C)c1ccc2c(c1)CCO2.CC(C)c1ccc2c(c1)OCCO2.CC(C)c1ccc2c(c1)OCO2. The fourth-order valence-electron chi connectivity index (χ4n) is 5.16. The summed E-state index contributed by atoms with van der Waals surface area (Å²) in [4.78, 5) is 0. The van der Waals surface area contributed by atoms with E-state index in [2.05, 4.69) is 110 Å². The third kappa shape index (κ3) is 9.81. The number of hydrogen-bond donors (Lipinski definition) is 0. The zero-order chi connectivity index (χ0) is 32.3. The van der Waals surface area contributed by atoms with Crippen LogP contribution >= 0.6 is 0 Å². The molecule has 0 spiro atoms. The van der Waals surface area contributed by atoms with Crippen molar-refractivity contribution in [2.45, 2.75) is 86.0 Å². The van der Waals surface area contributed by atoms with Gasteiger partial charge in [-0.15, -0.1) is 0 Å². The van der Waals surface area contributed by atoms with Crippen LogP contribution in [0.5, 0.6) is 28.7 Å². The van der Waals surface area contributed by atoms with Gasteiger partial charge in [-0.2, -0.15) is 0 Å². The molecule has 0 fully saturated rings. The summed E-state index contributed by atoms with van der Waals surface area (Å²) in [6.07, 6.45) is 8.92. The van der Waals surface area contributed by atoms with Gasteiger partial charge in [0.2, 0.25) is 6.79 Å². The first-order chi connectivity index (χ1) is 21.6. The number of hydrogen-bond acceptors (Lipinski definition) is 5. The maximum atomic E-state index is 5.49. The van der Waals surface area contributed by atoms with E-state index in [9.17, 15) is 0 Å². The van der Waals surface area contributed by atoms with Crippen molar-refractivity contribution in [1.82, 2.24) is 0 Å². The lowest BCUT2D eigenvalue weighted by molar-refractivity contribution is 0.171. The van der Waals surface area contributed by atoms with Crippen LogP contribution in [0.1, 0.15) is 102 Å². The highest BCUT2D eigenvalue weighted by atomic mass is 16.7. The number of allylic oxidation sites excluding steroid dienone is 4. The van der Waals surface area contributed by atoms with E-state index in [0.29, 0.717) is 43.7 Å². The predicted molar refractivity (Wildman–Crippen MR) is 185 cm³/mol. The van der Waals surface area contributed by atoms with E-state index in [-0.39, 0.29) is 0 Å². The molecule has 0 saturated carbocycles. The minimum Gasteiger partial charge on any atom is -0.493 e. The quantitative estimate of drug-likeness (QED) is 0.293. The van der Waals surface area contributed by atoms with Crippen LogP contribution in [-0.2, 0) is 6.42 Å². The molecule has 3 aromatic carbocycles. The first-order valence-corrected chi connectivity index (χ1v) is 16.5. The Morgan fingerprint density at radius 2 is 0.978 bits per heavy atom. The third-order valence-corrected chi connectivity index (χ3v) is 8.14. The molecule has 242 valence electrons. The maximum Gasteiger partial charge on any atom is 0.231 e. The molecular formula is C40H52O5. The number of ether oxygens (including phenoxy) is 5. The summed E-state index contributed by atoms with van der Waals surface area (Å²) in [7, 11) is 0. The summed E-state index contributed by atoms with van der Waals surface area (Å²) >= 11 is 0. The van der Waals surface area contributed by atoms with Gasteiger partial charge in [0.1, 0.15) is 19.0 Å². The summed E-state index contributed by atoms with van der Waals surface area (Å²) in [6, 6.07) is 18.8. The van der Waals surface area contributed by atoms with Gasteiger partial charge in [-0.1, -0.05) is 97.9 Å². The van der Waals surface area contributed by atoms with Crippen molar-refractivity contribution >= 4 is 0 Å². The lowest BCUT2D eigenvalue weighted by Crippen LogP contribution is -2.15. The summed E-state index contributed by atoms with van der Waals surface area (Å²) in [5, 5.41) is 0. The number of fused-ring (bicyclic) bond motifs is 3. The van der Waals surface area contributed by atoms with Gasteiger partial charge < -0.3 is 23.7 Å². The second kappa shape index (κ2) is 16.5. The number of rotatable bonds is 4. The molecule has 4 aliphatic rings. The molecule has 3 aromatic rings. The second-order valence-corrected chi connectivity index (χ2v) is 12.9. The third-order valence-electron chi connectivity index (χ3n) is 8.14. The Bertz CT molecular complexity index is 1390. The van der Waals surface area contributed by atoms with Crippen LogP contribution < -0.4 is 23.7 Å². The van der Waals surface area contributed by atoms with E-state index < -0.39 is 0 Å². The molecule has 0 saturated heterocycles. The standard InChI is InChI=1S/C11H14O2.C11H14O.C10H12O2.C8H12/c1-8(2)9-3-4-10-11(7-9)13-6-5-12-10;1-8(2)9-3-4-11-10(7-9)5-6-12-11;1-7(2)8-3-4-9-10(5-8)12-6-11-9;1-7(2)8-5-3-4-6-8/h3-4,7-8H,5-6H2,1-2H3;3-4,7-8H,5-6H2,1-2H3;3-5,7H,6H2,1-2H3;3,5-7H,4H2,1-2H3. The van der Waals surface area contributed by atoms with E-state index >= 15 is 0 Å². The average molecular weight is 613 g/mol. The molecule has 5 heteroatoms. The van der Waals surface area contributed by atoms with Crippen molar-refractivity contribution in [2.24, 2.45) is 5.92 Å². The molecule has 1 aliphatic carbocycles. The Hall–Kier alpha value is -3.86. The van der Waals surface area contributed by atoms with E-state index in [4.69, 9.17) is 23.7 Å². The molecule has 3 heterocycles. The highest BCUT2D eigenvalue weighted by Crippen LogP contribution is 2.35. The predicted octanol–water partition coefficient (Wildman–Crippen LogP) is 10.4. The first kappa shape index (κ1) is 34.0. The summed E-state index contributed by atoms with van der Waals surface area (Å²) in [6.45, 7) is 20.1. The van der Waals surface area contributed by atoms with Crippen LogP contribution in [0.2, 0.25) is 0 Å². The lowest BCUT2D eigenvalue weighted by Gasteiger charge is -2.19. The summed E-state index contributed by atoms with van der Waals surface area (Å²) in [5.74, 6) is 6.99. The normalized spacial score (nSPS) is 15.0. The Balaban J connectivity index is 0.000000138. The van der Waals surface area contributed by atoms with Crippen LogP contribution in [-0.4, -0.2) is 26.6 Å². The Labute approximate surface area is 271 Å². The van der Waals surface area contributed by atoms with Gasteiger partial charge in [0, 0.05) is 6.42 Å². The Morgan fingerprint density at radius 3 is 1.51 bits per heavy atom. The van der Waals surface area contributed by atoms with Crippen molar-refractivity contribution in [3.05, 3.63) is 101 Å². The van der Waals surface area contributed by atoms with E-state index in [1.807, 2.05) is 18.2 Å².